The minimum Gasteiger partial charge on any atom is -0.315 e. The van der Waals surface area contributed by atoms with E-state index < -0.39 is 10.0 Å². The van der Waals surface area contributed by atoms with Crippen molar-refractivity contribution in [2.75, 3.05) is 13.1 Å². The Bertz CT molecular complexity index is 450. The molecule has 0 radical (unpaired) electrons. The standard InChI is InChI=1S/C10H14N2O2S2/c13-16(14,12-8-5-6-11-7-8)10-3-1-9(15)2-4-10/h1-4,8,11-12,15H,5-7H2. The predicted molar refractivity (Wildman–Crippen MR) is 65.3 cm³/mol. The van der Waals surface area contributed by atoms with Gasteiger partial charge in [-0.3, -0.25) is 0 Å². The van der Waals surface area contributed by atoms with E-state index in [-0.39, 0.29) is 10.9 Å². The van der Waals surface area contributed by atoms with E-state index in [9.17, 15) is 8.42 Å². The number of hydrogen-bond donors (Lipinski definition) is 3. The minimum atomic E-state index is -3.38. The Morgan fingerprint density at radius 2 is 2.00 bits per heavy atom. The van der Waals surface area contributed by atoms with Crippen LogP contribution >= 0.6 is 12.6 Å². The van der Waals surface area contributed by atoms with Crippen molar-refractivity contribution in [3.05, 3.63) is 24.3 Å². The van der Waals surface area contributed by atoms with Crippen LogP contribution in [-0.2, 0) is 10.0 Å². The van der Waals surface area contributed by atoms with Gasteiger partial charge >= 0.3 is 0 Å². The Kier molecular flexibility index (Phi) is 3.53. The van der Waals surface area contributed by atoms with Crippen LogP contribution < -0.4 is 10.0 Å². The highest BCUT2D eigenvalue weighted by Gasteiger charge is 2.22. The molecule has 16 heavy (non-hydrogen) atoms. The van der Waals surface area contributed by atoms with E-state index >= 15 is 0 Å². The summed E-state index contributed by atoms with van der Waals surface area (Å²) >= 11 is 4.12. The van der Waals surface area contributed by atoms with Gasteiger partial charge in [0.15, 0.2) is 0 Å². The van der Waals surface area contributed by atoms with Crippen molar-refractivity contribution in [3.8, 4) is 0 Å². The molecule has 0 aliphatic carbocycles. The maximum atomic E-state index is 11.9. The van der Waals surface area contributed by atoms with Crippen LogP contribution in [0.15, 0.2) is 34.1 Å². The Labute approximate surface area is 101 Å². The number of benzene rings is 1. The number of hydrogen-bond acceptors (Lipinski definition) is 4. The van der Waals surface area contributed by atoms with Gasteiger partial charge in [0.05, 0.1) is 4.90 Å². The van der Waals surface area contributed by atoms with E-state index in [0.29, 0.717) is 6.54 Å². The maximum Gasteiger partial charge on any atom is 0.240 e. The van der Waals surface area contributed by atoms with Gasteiger partial charge in [0.25, 0.3) is 0 Å². The minimum absolute atomic E-state index is 0.000628. The first-order valence-corrected chi connectivity index (χ1v) is 7.03. The van der Waals surface area contributed by atoms with E-state index in [4.69, 9.17) is 0 Å². The molecule has 0 spiro atoms. The Hall–Kier alpha value is -0.560. The predicted octanol–water partition coefficient (Wildman–Crippen LogP) is 0.615. The molecule has 1 heterocycles. The Morgan fingerprint density at radius 1 is 1.31 bits per heavy atom. The molecule has 0 aromatic heterocycles. The molecule has 2 N–H and O–H groups in total. The molecule has 1 aromatic rings. The lowest BCUT2D eigenvalue weighted by Crippen LogP contribution is -2.36. The van der Waals surface area contributed by atoms with Crippen molar-refractivity contribution in [1.82, 2.24) is 10.0 Å². The summed E-state index contributed by atoms with van der Waals surface area (Å²) in [5.41, 5.74) is 0. The summed E-state index contributed by atoms with van der Waals surface area (Å²) in [6, 6.07) is 6.47. The van der Waals surface area contributed by atoms with Crippen LogP contribution in [0, 0.1) is 0 Å². The zero-order valence-corrected chi connectivity index (χ0v) is 10.4. The second-order valence-corrected chi connectivity index (χ2v) is 6.04. The van der Waals surface area contributed by atoms with Crippen molar-refractivity contribution in [2.45, 2.75) is 22.3 Å². The molecular weight excluding hydrogens is 244 g/mol. The quantitative estimate of drug-likeness (QED) is 0.697. The van der Waals surface area contributed by atoms with Crippen LogP contribution in [0.5, 0.6) is 0 Å². The van der Waals surface area contributed by atoms with E-state index in [1.165, 1.54) is 0 Å². The molecule has 1 aliphatic heterocycles. The van der Waals surface area contributed by atoms with Gasteiger partial charge in [-0.25, -0.2) is 13.1 Å². The van der Waals surface area contributed by atoms with E-state index in [1.54, 1.807) is 24.3 Å². The lowest BCUT2D eigenvalue weighted by Gasteiger charge is -2.11. The average molecular weight is 258 g/mol. The van der Waals surface area contributed by atoms with Crippen molar-refractivity contribution in [3.63, 3.8) is 0 Å². The van der Waals surface area contributed by atoms with Gasteiger partial charge in [0, 0.05) is 17.5 Å². The largest absolute Gasteiger partial charge is 0.315 e. The van der Waals surface area contributed by atoms with Gasteiger partial charge < -0.3 is 5.32 Å². The van der Waals surface area contributed by atoms with Gasteiger partial charge in [-0.1, -0.05) is 0 Å². The fourth-order valence-corrected chi connectivity index (χ4v) is 3.09. The summed E-state index contributed by atoms with van der Waals surface area (Å²) in [7, 11) is -3.38. The smallest absolute Gasteiger partial charge is 0.240 e. The first-order valence-electron chi connectivity index (χ1n) is 5.10. The molecule has 88 valence electrons. The SMILES string of the molecule is O=S(=O)(NC1CCNC1)c1ccc(S)cc1. The summed E-state index contributed by atoms with van der Waals surface area (Å²) in [6.07, 6.45) is 0.837. The summed E-state index contributed by atoms with van der Waals surface area (Å²) in [6.45, 7) is 1.56. The van der Waals surface area contributed by atoms with Crippen molar-refractivity contribution in [2.24, 2.45) is 0 Å². The number of thiol groups is 1. The van der Waals surface area contributed by atoms with E-state index in [0.717, 1.165) is 17.9 Å². The second-order valence-electron chi connectivity index (χ2n) is 3.80. The number of sulfonamides is 1. The zero-order valence-electron chi connectivity index (χ0n) is 8.68. The lowest BCUT2D eigenvalue weighted by atomic mass is 10.3. The van der Waals surface area contributed by atoms with Crippen molar-refractivity contribution >= 4 is 22.7 Å². The lowest BCUT2D eigenvalue weighted by molar-refractivity contribution is 0.560. The molecule has 1 atom stereocenters. The summed E-state index contributed by atoms with van der Waals surface area (Å²) in [5, 5.41) is 3.12. The van der Waals surface area contributed by atoms with Gasteiger partial charge in [-0.15, -0.1) is 12.6 Å². The first-order chi connectivity index (χ1) is 7.58. The highest BCUT2D eigenvalue weighted by molar-refractivity contribution is 7.89. The molecule has 1 saturated heterocycles. The fraction of sp³-hybridized carbons (Fsp3) is 0.400. The van der Waals surface area contributed by atoms with Crippen LogP contribution in [0.1, 0.15) is 6.42 Å². The normalized spacial score (nSPS) is 21.2. The van der Waals surface area contributed by atoms with E-state index in [2.05, 4.69) is 22.7 Å². The second kappa shape index (κ2) is 4.75. The summed E-state index contributed by atoms with van der Waals surface area (Å²) in [5.74, 6) is 0. The molecule has 0 amide bonds. The van der Waals surface area contributed by atoms with Gasteiger partial charge in [-0.05, 0) is 37.2 Å². The molecule has 4 nitrogen and oxygen atoms in total. The topological polar surface area (TPSA) is 58.2 Å². The van der Waals surface area contributed by atoms with E-state index in [1.807, 2.05) is 0 Å². The summed E-state index contributed by atoms with van der Waals surface area (Å²) in [4.78, 5) is 1.04. The molecule has 1 aromatic carbocycles. The molecule has 0 bridgehead atoms. The Balaban J connectivity index is 2.14. The fourth-order valence-electron chi connectivity index (χ4n) is 1.67. The molecule has 1 unspecified atom stereocenters. The monoisotopic (exact) mass is 258 g/mol. The summed E-state index contributed by atoms with van der Waals surface area (Å²) < 4.78 is 26.5. The van der Waals surface area contributed by atoms with Crippen LogP contribution in [0.4, 0.5) is 0 Å². The third-order valence-corrected chi connectivity index (χ3v) is 4.36. The highest BCUT2D eigenvalue weighted by atomic mass is 32.2. The molecule has 1 fully saturated rings. The molecule has 1 aliphatic rings. The molecule has 6 heteroatoms. The van der Waals surface area contributed by atoms with Crippen LogP contribution in [0.2, 0.25) is 0 Å². The number of rotatable bonds is 3. The molecular formula is C10H14N2O2S2. The molecule has 0 saturated carbocycles. The third-order valence-electron chi connectivity index (χ3n) is 2.53. The zero-order chi connectivity index (χ0) is 11.6. The third kappa shape index (κ3) is 2.76. The van der Waals surface area contributed by atoms with Crippen LogP contribution in [-0.4, -0.2) is 27.5 Å². The maximum absolute atomic E-state index is 11.9. The highest BCUT2D eigenvalue weighted by Crippen LogP contribution is 2.13. The number of nitrogens with one attached hydrogen (secondary N) is 2. The van der Waals surface area contributed by atoms with Crippen LogP contribution in [0.25, 0.3) is 0 Å². The Morgan fingerprint density at radius 3 is 2.56 bits per heavy atom. The first kappa shape index (κ1) is 11.9. The van der Waals surface area contributed by atoms with Gasteiger partial charge in [0.1, 0.15) is 0 Å². The van der Waals surface area contributed by atoms with Crippen molar-refractivity contribution < 1.29 is 8.42 Å². The van der Waals surface area contributed by atoms with Crippen LogP contribution in [0.3, 0.4) is 0 Å². The van der Waals surface area contributed by atoms with Crippen molar-refractivity contribution in [1.29, 1.82) is 0 Å². The van der Waals surface area contributed by atoms with Gasteiger partial charge in [0.2, 0.25) is 10.0 Å². The average Bonchev–Trinajstić information content (AvgIpc) is 2.70. The van der Waals surface area contributed by atoms with Gasteiger partial charge in [-0.2, -0.15) is 0 Å². The molecule has 2 rings (SSSR count).